The number of nitrogens with one attached hydrogen (secondary N) is 2. The third kappa shape index (κ3) is 7.23. The summed E-state index contributed by atoms with van der Waals surface area (Å²) < 4.78 is 7.04. The van der Waals surface area contributed by atoms with Gasteiger partial charge in [-0.1, -0.05) is 13.8 Å². The lowest BCUT2D eigenvalue weighted by molar-refractivity contribution is 0.414. The molecular weight excluding hydrogens is 441 g/mol. The first-order valence-electron chi connectivity index (χ1n) is 8.76. The van der Waals surface area contributed by atoms with E-state index in [1.165, 1.54) is 6.42 Å². The van der Waals surface area contributed by atoms with Crippen LogP contribution in [-0.2, 0) is 6.54 Å². The summed E-state index contributed by atoms with van der Waals surface area (Å²) in [6, 6.07) is 9.83. The molecule has 2 rings (SSSR count). The van der Waals surface area contributed by atoms with Crippen LogP contribution in [0.5, 0.6) is 5.75 Å². The Morgan fingerprint density at radius 1 is 1.19 bits per heavy atom. The molecule has 6 nitrogen and oxygen atoms in total. The predicted molar refractivity (Wildman–Crippen MR) is 118 cm³/mol. The molecule has 1 aromatic carbocycles. The lowest BCUT2D eigenvalue weighted by atomic mass is 10.1. The lowest BCUT2D eigenvalue weighted by Crippen LogP contribution is -2.37. The number of aliphatic imine (C=N–C) groups is 1. The van der Waals surface area contributed by atoms with Gasteiger partial charge < -0.3 is 15.4 Å². The zero-order chi connectivity index (χ0) is 18.1. The van der Waals surface area contributed by atoms with E-state index in [0.717, 1.165) is 42.0 Å². The summed E-state index contributed by atoms with van der Waals surface area (Å²) in [6.45, 7) is 6.05. The maximum Gasteiger partial charge on any atom is 0.191 e. The zero-order valence-corrected chi connectivity index (χ0v) is 18.4. The summed E-state index contributed by atoms with van der Waals surface area (Å²) in [6.07, 6.45) is 4.32. The summed E-state index contributed by atoms with van der Waals surface area (Å²) in [5.74, 6) is 2.38. The molecule has 0 radical (unpaired) electrons. The van der Waals surface area contributed by atoms with Crippen molar-refractivity contribution in [3.05, 3.63) is 42.2 Å². The first kappa shape index (κ1) is 22.3. The predicted octanol–water partition coefficient (Wildman–Crippen LogP) is 3.60. The molecule has 0 amide bonds. The van der Waals surface area contributed by atoms with Crippen LogP contribution >= 0.6 is 24.0 Å². The van der Waals surface area contributed by atoms with Crippen LogP contribution in [0.1, 0.15) is 32.4 Å². The second kappa shape index (κ2) is 11.8. The number of hydrogen-bond donors (Lipinski definition) is 2. The molecule has 2 aromatic rings. The Morgan fingerprint density at radius 2 is 1.92 bits per heavy atom. The monoisotopic (exact) mass is 471 g/mol. The molecule has 26 heavy (non-hydrogen) atoms. The van der Waals surface area contributed by atoms with Crippen LogP contribution in [0.3, 0.4) is 0 Å². The van der Waals surface area contributed by atoms with Crippen molar-refractivity contribution >= 4 is 29.9 Å². The number of methoxy groups -OCH3 is 1. The molecule has 0 aliphatic rings. The van der Waals surface area contributed by atoms with Crippen LogP contribution in [0.2, 0.25) is 0 Å². The average molecular weight is 471 g/mol. The second-order valence-corrected chi connectivity index (χ2v) is 6.34. The number of benzene rings is 1. The molecule has 0 saturated carbocycles. The molecule has 0 aliphatic heterocycles. The number of hydrogen-bond acceptors (Lipinski definition) is 3. The lowest BCUT2D eigenvalue weighted by Gasteiger charge is -2.11. The van der Waals surface area contributed by atoms with Crippen molar-refractivity contribution in [2.24, 2.45) is 10.9 Å². The Hall–Kier alpha value is -1.77. The minimum atomic E-state index is 0. The molecule has 0 unspecified atom stereocenters. The third-order valence-electron chi connectivity index (χ3n) is 3.89. The highest BCUT2D eigenvalue weighted by Gasteiger charge is 2.04. The Kier molecular flexibility index (Phi) is 10.1. The normalized spacial score (nSPS) is 11.2. The van der Waals surface area contributed by atoms with E-state index < -0.39 is 0 Å². The fourth-order valence-electron chi connectivity index (χ4n) is 2.45. The molecule has 0 spiro atoms. The van der Waals surface area contributed by atoms with Gasteiger partial charge in [0.05, 0.1) is 25.0 Å². The van der Waals surface area contributed by atoms with Crippen molar-refractivity contribution in [3.63, 3.8) is 0 Å². The molecule has 0 atom stereocenters. The fourth-order valence-corrected chi connectivity index (χ4v) is 2.45. The molecular formula is C19H30IN5O. The van der Waals surface area contributed by atoms with Gasteiger partial charge in [-0.25, -0.2) is 4.68 Å². The molecule has 2 N–H and O–H groups in total. The van der Waals surface area contributed by atoms with E-state index in [2.05, 4.69) is 34.6 Å². The summed E-state index contributed by atoms with van der Waals surface area (Å²) in [5, 5.41) is 11.2. The van der Waals surface area contributed by atoms with Crippen molar-refractivity contribution in [3.8, 4) is 11.4 Å². The summed E-state index contributed by atoms with van der Waals surface area (Å²) in [7, 11) is 3.45. The van der Waals surface area contributed by atoms with Gasteiger partial charge in [-0.15, -0.1) is 24.0 Å². The van der Waals surface area contributed by atoms with Gasteiger partial charge in [0.2, 0.25) is 0 Å². The molecule has 7 heteroatoms. The number of guanidine groups is 1. The Balaban J connectivity index is 0.00000338. The Labute approximate surface area is 173 Å². The topological polar surface area (TPSA) is 63.5 Å². The van der Waals surface area contributed by atoms with Crippen molar-refractivity contribution in [1.29, 1.82) is 0 Å². The minimum Gasteiger partial charge on any atom is -0.497 e. The van der Waals surface area contributed by atoms with E-state index in [0.29, 0.717) is 6.54 Å². The smallest absolute Gasteiger partial charge is 0.191 e. The molecule has 0 fully saturated rings. The first-order chi connectivity index (χ1) is 12.1. The summed E-state index contributed by atoms with van der Waals surface area (Å²) in [5.41, 5.74) is 1.96. The van der Waals surface area contributed by atoms with Gasteiger partial charge in [0.1, 0.15) is 5.75 Å². The van der Waals surface area contributed by atoms with Crippen LogP contribution in [0, 0.1) is 5.92 Å². The standard InChI is InChI=1S/C19H29N5O.HI/c1-15(2)6-5-12-21-19(20-3)22-14-16-11-13-24(23-16)17-7-9-18(25-4)10-8-17;/h7-11,13,15H,5-6,12,14H2,1-4H3,(H2,20,21,22);1H. The van der Waals surface area contributed by atoms with Crippen LogP contribution in [0.25, 0.3) is 5.69 Å². The van der Waals surface area contributed by atoms with Gasteiger partial charge in [-0.05, 0) is 49.1 Å². The van der Waals surface area contributed by atoms with E-state index >= 15 is 0 Å². The van der Waals surface area contributed by atoms with E-state index in [9.17, 15) is 0 Å². The maximum absolute atomic E-state index is 5.18. The van der Waals surface area contributed by atoms with Crippen molar-refractivity contribution in [2.75, 3.05) is 20.7 Å². The number of ether oxygens (including phenoxy) is 1. The van der Waals surface area contributed by atoms with Gasteiger partial charge in [-0.3, -0.25) is 4.99 Å². The van der Waals surface area contributed by atoms with Crippen LogP contribution < -0.4 is 15.4 Å². The number of halogens is 1. The van der Waals surface area contributed by atoms with Crippen LogP contribution in [0.4, 0.5) is 0 Å². The number of rotatable bonds is 8. The number of nitrogens with zero attached hydrogens (tertiary/aromatic N) is 3. The zero-order valence-electron chi connectivity index (χ0n) is 16.0. The SMILES string of the molecule is CN=C(NCCCC(C)C)NCc1ccn(-c2ccc(OC)cc2)n1.I. The Morgan fingerprint density at radius 3 is 2.54 bits per heavy atom. The van der Waals surface area contributed by atoms with Crippen LogP contribution in [0.15, 0.2) is 41.5 Å². The van der Waals surface area contributed by atoms with E-state index in [1.807, 2.05) is 41.2 Å². The van der Waals surface area contributed by atoms with Crippen LogP contribution in [-0.4, -0.2) is 36.4 Å². The maximum atomic E-state index is 5.18. The quantitative estimate of drug-likeness (QED) is 0.267. The Bertz CT molecular complexity index is 667. The van der Waals surface area contributed by atoms with Crippen molar-refractivity contribution < 1.29 is 4.74 Å². The molecule has 0 bridgehead atoms. The van der Waals surface area contributed by atoms with Gasteiger partial charge >= 0.3 is 0 Å². The highest BCUT2D eigenvalue weighted by atomic mass is 127. The first-order valence-corrected chi connectivity index (χ1v) is 8.76. The number of aromatic nitrogens is 2. The third-order valence-corrected chi connectivity index (χ3v) is 3.89. The minimum absolute atomic E-state index is 0. The summed E-state index contributed by atoms with van der Waals surface area (Å²) >= 11 is 0. The van der Waals surface area contributed by atoms with Gasteiger partial charge in [0, 0.05) is 19.8 Å². The van der Waals surface area contributed by atoms with Crippen molar-refractivity contribution in [2.45, 2.75) is 33.2 Å². The molecule has 144 valence electrons. The molecule has 1 aromatic heterocycles. The second-order valence-electron chi connectivity index (χ2n) is 6.34. The van der Waals surface area contributed by atoms with E-state index in [-0.39, 0.29) is 24.0 Å². The average Bonchev–Trinajstić information content (AvgIpc) is 3.10. The molecule has 0 saturated heterocycles. The highest BCUT2D eigenvalue weighted by Crippen LogP contribution is 2.14. The highest BCUT2D eigenvalue weighted by molar-refractivity contribution is 14.0. The largest absolute Gasteiger partial charge is 0.497 e. The molecule has 1 heterocycles. The summed E-state index contributed by atoms with van der Waals surface area (Å²) in [4.78, 5) is 4.25. The van der Waals surface area contributed by atoms with E-state index in [4.69, 9.17) is 4.74 Å². The van der Waals surface area contributed by atoms with Gasteiger partial charge in [-0.2, -0.15) is 5.10 Å². The fraction of sp³-hybridized carbons (Fsp3) is 0.474. The van der Waals surface area contributed by atoms with Gasteiger partial charge in [0.15, 0.2) is 5.96 Å². The van der Waals surface area contributed by atoms with E-state index in [1.54, 1.807) is 14.2 Å². The molecule has 0 aliphatic carbocycles. The van der Waals surface area contributed by atoms with Crippen molar-refractivity contribution in [1.82, 2.24) is 20.4 Å². The van der Waals surface area contributed by atoms with Gasteiger partial charge in [0.25, 0.3) is 0 Å².